The maximum absolute atomic E-state index is 12.9. The van der Waals surface area contributed by atoms with E-state index in [1.807, 2.05) is 45.0 Å². The number of halogens is 1. The number of aromatic nitrogens is 5. The number of hydrogen-bond acceptors (Lipinski definition) is 4. The second-order valence-corrected chi connectivity index (χ2v) is 6.20. The Labute approximate surface area is 142 Å². The van der Waals surface area contributed by atoms with Crippen LogP contribution in [-0.2, 0) is 6.54 Å². The van der Waals surface area contributed by atoms with Crippen LogP contribution in [0.4, 0.5) is 0 Å². The molecule has 0 fully saturated rings. The first kappa shape index (κ1) is 15.6. The van der Waals surface area contributed by atoms with Crippen molar-refractivity contribution in [3.63, 3.8) is 0 Å². The van der Waals surface area contributed by atoms with Gasteiger partial charge in [0.25, 0.3) is 0 Å². The highest BCUT2D eigenvalue weighted by atomic mass is 79.9. The molecule has 2 aromatic heterocycles. The Hall–Kier alpha value is -2.28. The number of nitrogens with zero attached hydrogens (tertiary/aromatic N) is 4. The molecular weight excluding hydrogens is 358 g/mol. The van der Waals surface area contributed by atoms with Crippen molar-refractivity contribution in [2.24, 2.45) is 0 Å². The number of tetrazole rings is 1. The summed E-state index contributed by atoms with van der Waals surface area (Å²) in [4.78, 5) is 16.1. The minimum Gasteiger partial charge on any atom is -0.355 e. The first-order chi connectivity index (χ1) is 11.0. The van der Waals surface area contributed by atoms with Gasteiger partial charge in [-0.15, -0.1) is 5.10 Å². The van der Waals surface area contributed by atoms with E-state index >= 15 is 0 Å². The van der Waals surface area contributed by atoms with E-state index in [1.165, 1.54) is 0 Å². The Morgan fingerprint density at radius 3 is 2.83 bits per heavy atom. The summed E-state index contributed by atoms with van der Waals surface area (Å²) >= 11 is 3.41. The maximum Gasteiger partial charge on any atom is 0.198 e. The number of H-pyrrole nitrogens is 1. The van der Waals surface area contributed by atoms with Crippen LogP contribution >= 0.6 is 15.9 Å². The molecule has 0 amide bonds. The molecule has 0 saturated heterocycles. The zero-order valence-electron chi connectivity index (χ0n) is 13.1. The van der Waals surface area contributed by atoms with Crippen molar-refractivity contribution in [2.45, 2.75) is 27.3 Å². The maximum atomic E-state index is 12.9. The molecule has 0 spiro atoms. The van der Waals surface area contributed by atoms with E-state index in [1.54, 1.807) is 4.68 Å². The van der Waals surface area contributed by atoms with E-state index in [9.17, 15) is 4.79 Å². The first-order valence-corrected chi connectivity index (χ1v) is 8.08. The molecule has 7 heteroatoms. The van der Waals surface area contributed by atoms with E-state index in [4.69, 9.17) is 0 Å². The monoisotopic (exact) mass is 373 g/mol. The summed E-state index contributed by atoms with van der Waals surface area (Å²) in [6.07, 6.45) is 0. The predicted molar refractivity (Wildman–Crippen MR) is 90.3 cm³/mol. The smallest absolute Gasteiger partial charge is 0.198 e. The average molecular weight is 374 g/mol. The van der Waals surface area contributed by atoms with Crippen LogP contribution < -0.4 is 0 Å². The molecule has 0 aliphatic heterocycles. The van der Waals surface area contributed by atoms with Gasteiger partial charge in [-0.25, -0.2) is 4.68 Å². The quantitative estimate of drug-likeness (QED) is 0.711. The molecule has 0 saturated carbocycles. The van der Waals surface area contributed by atoms with Crippen LogP contribution in [0.25, 0.3) is 11.5 Å². The summed E-state index contributed by atoms with van der Waals surface area (Å²) in [5.74, 6) is 0.626. The molecule has 3 aromatic rings. The fourth-order valence-corrected chi connectivity index (χ4v) is 3.08. The highest BCUT2D eigenvalue weighted by molar-refractivity contribution is 9.10. The molecule has 0 unspecified atom stereocenters. The highest BCUT2D eigenvalue weighted by Crippen LogP contribution is 2.28. The van der Waals surface area contributed by atoms with Crippen molar-refractivity contribution in [1.82, 2.24) is 25.2 Å². The summed E-state index contributed by atoms with van der Waals surface area (Å²) in [5.41, 5.74) is 3.77. The molecule has 6 nitrogen and oxygen atoms in total. The molecule has 3 rings (SSSR count). The second kappa shape index (κ2) is 6.08. The highest BCUT2D eigenvalue weighted by Gasteiger charge is 2.23. The molecule has 0 aliphatic rings. The summed E-state index contributed by atoms with van der Waals surface area (Å²) in [6.45, 7) is 6.44. The molecule has 0 atom stereocenters. The van der Waals surface area contributed by atoms with E-state index in [-0.39, 0.29) is 5.78 Å². The van der Waals surface area contributed by atoms with Gasteiger partial charge < -0.3 is 4.98 Å². The van der Waals surface area contributed by atoms with E-state index in [0.29, 0.717) is 23.5 Å². The van der Waals surface area contributed by atoms with Gasteiger partial charge >= 0.3 is 0 Å². The molecule has 0 aliphatic carbocycles. The number of ketones is 1. The number of carbonyl (C=O) groups excluding carboxylic acids is 1. The number of carbonyl (C=O) groups is 1. The zero-order chi connectivity index (χ0) is 16.6. The lowest BCUT2D eigenvalue weighted by Crippen LogP contribution is -2.04. The van der Waals surface area contributed by atoms with Crippen molar-refractivity contribution >= 4 is 21.7 Å². The van der Waals surface area contributed by atoms with E-state index in [0.717, 1.165) is 21.4 Å². The zero-order valence-corrected chi connectivity index (χ0v) is 14.7. The summed E-state index contributed by atoms with van der Waals surface area (Å²) in [6, 6.07) is 7.39. The van der Waals surface area contributed by atoms with Gasteiger partial charge in [-0.3, -0.25) is 4.79 Å². The van der Waals surface area contributed by atoms with Crippen LogP contribution in [0.1, 0.15) is 34.1 Å². The predicted octanol–water partition coefficient (Wildman–Crippen LogP) is 3.30. The minimum atomic E-state index is -0.0145. The van der Waals surface area contributed by atoms with Gasteiger partial charge in [-0.05, 0) is 48.9 Å². The van der Waals surface area contributed by atoms with Crippen LogP contribution in [0.5, 0.6) is 0 Å². The fraction of sp³-hybridized carbons (Fsp3) is 0.250. The van der Waals surface area contributed by atoms with Crippen molar-refractivity contribution in [2.75, 3.05) is 0 Å². The largest absolute Gasteiger partial charge is 0.355 e. The Kier molecular flexibility index (Phi) is 4.12. The SMILES string of the molecule is CCn1nnnc1-c1[nH]c(C)c(C(=O)c2cccc(Br)c2)c1C. The second-order valence-electron chi connectivity index (χ2n) is 5.28. The van der Waals surface area contributed by atoms with Gasteiger partial charge in [0.15, 0.2) is 11.6 Å². The number of hydrogen-bond donors (Lipinski definition) is 1. The van der Waals surface area contributed by atoms with E-state index < -0.39 is 0 Å². The van der Waals surface area contributed by atoms with Crippen LogP contribution in [0, 0.1) is 13.8 Å². The molecule has 1 aromatic carbocycles. The van der Waals surface area contributed by atoms with Gasteiger partial charge in [0, 0.05) is 27.8 Å². The summed E-state index contributed by atoms with van der Waals surface area (Å²) in [7, 11) is 0. The third kappa shape index (κ3) is 2.72. The summed E-state index contributed by atoms with van der Waals surface area (Å²) < 4.78 is 2.58. The Balaban J connectivity index is 2.10. The topological polar surface area (TPSA) is 76.5 Å². The van der Waals surface area contributed by atoms with Gasteiger partial charge in [-0.2, -0.15) is 0 Å². The molecule has 118 valence electrons. The molecule has 0 radical (unpaired) electrons. The molecular formula is C16H16BrN5O. The van der Waals surface area contributed by atoms with Gasteiger partial charge in [0.2, 0.25) is 0 Å². The third-order valence-electron chi connectivity index (χ3n) is 3.81. The molecule has 23 heavy (non-hydrogen) atoms. The number of rotatable bonds is 4. The molecule has 1 N–H and O–H groups in total. The van der Waals surface area contributed by atoms with Crippen molar-refractivity contribution in [3.8, 4) is 11.5 Å². The Morgan fingerprint density at radius 2 is 2.13 bits per heavy atom. The lowest BCUT2D eigenvalue weighted by atomic mass is 9.99. The van der Waals surface area contributed by atoms with Crippen molar-refractivity contribution in [1.29, 1.82) is 0 Å². The van der Waals surface area contributed by atoms with Crippen LogP contribution in [0.3, 0.4) is 0 Å². The normalized spacial score (nSPS) is 11.0. The van der Waals surface area contributed by atoms with Crippen molar-refractivity contribution < 1.29 is 4.79 Å². The summed E-state index contributed by atoms with van der Waals surface area (Å²) in [5, 5.41) is 11.7. The van der Waals surface area contributed by atoms with Crippen LogP contribution in [0.15, 0.2) is 28.7 Å². The lowest BCUT2D eigenvalue weighted by molar-refractivity contribution is 0.103. The van der Waals surface area contributed by atoms with Crippen molar-refractivity contribution in [3.05, 3.63) is 51.1 Å². The van der Waals surface area contributed by atoms with Crippen LogP contribution in [-0.4, -0.2) is 31.0 Å². The number of nitrogens with one attached hydrogen (secondary N) is 1. The van der Waals surface area contributed by atoms with Gasteiger partial charge in [0.1, 0.15) is 0 Å². The number of aromatic amines is 1. The fourth-order valence-electron chi connectivity index (χ4n) is 2.68. The van der Waals surface area contributed by atoms with Crippen LogP contribution in [0.2, 0.25) is 0 Å². The minimum absolute atomic E-state index is 0.0145. The Bertz CT molecular complexity index is 880. The number of benzene rings is 1. The number of aryl methyl sites for hydroxylation is 2. The molecule has 0 bridgehead atoms. The third-order valence-corrected chi connectivity index (χ3v) is 4.30. The molecule has 2 heterocycles. The van der Waals surface area contributed by atoms with E-state index in [2.05, 4.69) is 36.4 Å². The lowest BCUT2D eigenvalue weighted by Gasteiger charge is -2.04. The average Bonchev–Trinajstić information content (AvgIpc) is 3.10. The first-order valence-electron chi connectivity index (χ1n) is 7.29. The Morgan fingerprint density at radius 1 is 1.35 bits per heavy atom. The van der Waals surface area contributed by atoms with Gasteiger partial charge in [0.05, 0.1) is 5.69 Å². The standard InChI is InChI=1S/C16H16BrN5O/c1-4-22-16(19-20-21-22)14-9(2)13(10(3)18-14)15(23)11-6-5-7-12(17)8-11/h5-8,18H,4H2,1-3H3. The van der Waals surface area contributed by atoms with Gasteiger partial charge in [-0.1, -0.05) is 28.1 Å².